The Morgan fingerprint density at radius 3 is 2.50 bits per heavy atom. The number of aryl methyl sites for hydroxylation is 1. The van der Waals surface area contributed by atoms with Crippen molar-refractivity contribution < 1.29 is 4.74 Å². The van der Waals surface area contributed by atoms with Crippen LogP contribution in [0.3, 0.4) is 0 Å². The summed E-state index contributed by atoms with van der Waals surface area (Å²) < 4.78 is 5.62. The van der Waals surface area contributed by atoms with Crippen molar-refractivity contribution in [3.8, 4) is 0 Å². The second kappa shape index (κ2) is 6.53. The van der Waals surface area contributed by atoms with Crippen LogP contribution >= 0.6 is 0 Å². The molecule has 4 heteroatoms. The van der Waals surface area contributed by atoms with Crippen molar-refractivity contribution >= 4 is 5.82 Å². The summed E-state index contributed by atoms with van der Waals surface area (Å²) in [5.74, 6) is 2.86. The molecule has 0 spiro atoms. The minimum atomic E-state index is 0.0529. The predicted octanol–water partition coefficient (Wildman–Crippen LogP) is 3.83. The molecule has 1 aliphatic carbocycles. The molecule has 1 aromatic rings. The van der Waals surface area contributed by atoms with Crippen LogP contribution in [0, 0.1) is 12.8 Å². The van der Waals surface area contributed by atoms with Gasteiger partial charge in [-0.1, -0.05) is 20.8 Å². The molecule has 0 aliphatic heterocycles. The Hall–Kier alpha value is -1.16. The van der Waals surface area contributed by atoms with Crippen LogP contribution < -0.4 is 5.32 Å². The average Bonchev–Trinajstić information content (AvgIpc) is 3.20. The highest BCUT2D eigenvalue weighted by Crippen LogP contribution is 2.42. The molecular weight excluding hydrogens is 250 g/mol. The minimum Gasteiger partial charge on any atom is -0.373 e. The normalized spacial score (nSPS) is 16.5. The molecule has 1 N–H and O–H groups in total. The highest BCUT2D eigenvalue weighted by atomic mass is 16.5. The van der Waals surface area contributed by atoms with Gasteiger partial charge in [-0.3, -0.25) is 0 Å². The van der Waals surface area contributed by atoms with Crippen LogP contribution in [0.1, 0.15) is 69.1 Å². The molecule has 2 rings (SSSR count). The smallest absolute Gasteiger partial charge is 0.160 e. The van der Waals surface area contributed by atoms with Crippen molar-refractivity contribution in [3.63, 3.8) is 0 Å². The summed E-state index contributed by atoms with van der Waals surface area (Å²) in [6.45, 7) is 9.57. The first-order chi connectivity index (χ1) is 9.58. The van der Waals surface area contributed by atoms with E-state index in [1.54, 1.807) is 7.11 Å². The second-order valence-electron chi connectivity index (χ2n) is 6.00. The predicted molar refractivity (Wildman–Crippen MR) is 82.1 cm³/mol. The van der Waals surface area contributed by atoms with E-state index in [1.807, 2.05) is 0 Å². The number of hydrogen-bond acceptors (Lipinski definition) is 4. The van der Waals surface area contributed by atoms with Gasteiger partial charge in [-0.25, -0.2) is 9.97 Å². The summed E-state index contributed by atoms with van der Waals surface area (Å²) in [7, 11) is 1.76. The van der Waals surface area contributed by atoms with Crippen molar-refractivity contribution in [1.29, 1.82) is 0 Å². The number of ether oxygens (including phenoxy) is 1. The fourth-order valence-electron chi connectivity index (χ4n) is 2.71. The topological polar surface area (TPSA) is 47.0 Å². The summed E-state index contributed by atoms with van der Waals surface area (Å²) in [6.07, 6.45) is 3.60. The standard InChI is InChI=1S/C16H27N3O/c1-6-9-17-15-13(10(2)3)11(4)18-16(19-15)14(20-5)12-7-8-12/h10,12,14H,6-9H2,1-5H3,(H,17,18,19). The molecule has 0 aromatic carbocycles. The maximum Gasteiger partial charge on any atom is 0.160 e. The zero-order valence-electron chi connectivity index (χ0n) is 13.4. The number of nitrogens with one attached hydrogen (secondary N) is 1. The van der Waals surface area contributed by atoms with E-state index < -0.39 is 0 Å². The number of methoxy groups -OCH3 is 1. The van der Waals surface area contributed by atoms with Crippen molar-refractivity contribution in [2.45, 2.75) is 59.0 Å². The maximum atomic E-state index is 5.62. The van der Waals surface area contributed by atoms with Gasteiger partial charge < -0.3 is 10.1 Å². The Kier molecular flexibility index (Phi) is 4.97. The lowest BCUT2D eigenvalue weighted by Crippen LogP contribution is -2.15. The van der Waals surface area contributed by atoms with E-state index in [9.17, 15) is 0 Å². The third-order valence-corrected chi connectivity index (χ3v) is 3.83. The van der Waals surface area contributed by atoms with Crippen molar-refractivity contribution in [3.05, 3.63) is 17.1 Å². The van der Waals surface area contributed by atoms with Gasteiger partial charge in [0.15, 0.2) is 5.82 Å². The van der Waals surface area contributed by atoms with E-state index in [2.05, 4.69) is 33.0 Å². The Morgan fingerprint density at radius 2 is 2.00 bits per heavy atom. The molecule has 4 nitrogen and oxygen atoms in total. The van der Waals surface area contributed by atoms with Crippen LogP contribution in [-0.2, 0) is 4.74 Å². The summed E-state index contributed by atoms with van der Waals surface area (Å²) in [5, 5.41) is 3.46. The first kappa shape index (κ1) is 15.2. The van der Waals surface area contributed by atoms with Crippen LogP contribution in [0.15, 0.2) is 0 Å². The van der Waals surface area contributed by atoms with Crippen LogP contribution in [0.4, 0.5) is 5.82 Å². The van der Waals surface area contributed by atoms with Gasteiger partial charge in [-0.2, -0.15) is 0 Å². The van der Waals surface area contributed by atoms with Gasteiger partial charge in [0, 0.05) is 24.9 Å². The number of rotatable bonds is 7. The van der Waals surface area contributed by atoms with Gasteiger partial charge in [0.1, 0.15) is 11.9 Å². The van der Waals surface area contributed by atoms with E-state index in [0.717, 1.165) is 30.3 Å². The lowest BCUT2D eigenvalue weighted by molar-refractivity contribution is 0.0771. The zero-order chi connectivity index (χ0) is 14.7. The first-order valence-electron chi connectivity index (χ1n) is 7.73. The Balaban J connectivity index is 2.36. The molecule has 0 bridgehead atoms. The number of aromatic nitrogens is 2. The molecule has 20 heavy (non-hydrogen) atoms. The SMILES string of the molecule is CCCNc1nc(C(OC)C2CC2)nc(C)c1C(C)C. The summed E-state index contributed by atoms with van der Waals surface area (Å²) >= 11 is 0. The molecular formula is C16H27N3O. The molecule has 0 radical (unpaired) electrons. The lowest BCUT2D eigenvalue weighted by Gasteiger charge is -2.20. The molecule has 0 saturated heterocycles. The Labute approximate surface area is 122 Å². The molecule has 112 valence electrons. The molecule has 1 heterocycles. The van der Waals surface area contributed by atoms with Gasteiger partial charge in [-0.15, -0.1) is 0 Å². The van der Waals surface area contributed by atoms with Crippen LogP contribution in [0.5, 0.6) is 0 Å². The molecule has 1 atom stereocenters. The van der Waals surface area contributed by atoms with Gasteiger partial charge in [0.2, 0.25) is 0 Å². The van der Waals surface area contributed by atoms with E-state index in [1.165, 1.54) is 18.4 Å². The molecule has 1 aromatic heterocycles. The molecule has 1 unspecified atom stereocenters. The largest absolute Gasteiger partial charge is 0.373 e. The van der Waals surface area contributed by atoms with E-state index in [0.29, 0.717) is 11.8 Å². The highest BCUT2D eigenvalue weighted by molar-refractivity contribution is 5.48. The maximum absolute atomic E-state index is 5.62. The summed E-state index contributed by atoms with van der Waals surface area (Å²) in [6, 6.07) is 0. The summed E-state index contributed by atoms with van der Waals surface area (Å²) in [4.78, 5) is 9.50. The quantitative estimate of drug-likeness (QED) is 0.823. The minimum absolute atomic E-state index is 0.0529. The molecule has 1 fully saturated rings. The van der Waals surface area contributed by atoms with E-state index in [-0.39, 0.29) is 6.10 Å². The van der Waals surface area contributed by atoms with Gasteiger partial charge in [0.25, 0.3) is 0 Å². The van der Waals surface area contributed by atoms with Crippen molar-refractivity contribution in [1.82, 2.24) is 9.97 Å². The molecule has 1 saturated carbocycles. The monoisotopic (exact) mass is 277 g/mol. The Morgan fingerprint density at radius 1 is 1.30 bits per heavy atom. The second-order valence-corrected chi connectivity index (χ2v) is 6.00. The zero-order valence-corrected chi connectivity index (χ0v) is 13.4. The number of anilines is 1. The van der Waals surface area contributed by atoms with Crippen molar-refractivity contribution in [2.75, 3.05) is 19.0 Å². The number of nitrogens with zero attached hydrogens (tertiary/aromatic N) is 2. The van der Waals surface area contributed by atoms with E-state index in [4.69, 9.17) is 14.7 Å². The van der Waals surface area contributed by atoms with Gasteiger partial charge >= 0.3 is 0 Å². The summed E-state index contributed by atoms with van der Waals surface area (Å²) in [5.41, 5.74) is 2.30. The van der Waals surface area contributed by atoms with Gasteiger partial charge in [-0.05, 0) is 38.0 Å². The third-order valence-electron chi connectivity index (χ3n) is 3.83. The third kappa shape index (κ3) is 3.29. The van der Waals surface area contributed by atoms with Crippen LogP contribution in [-0.4, -0.2) is 23.6 Å². The van der Waals surface area contributed by atoms with Crippen molar-refractivity contribution in [2.24, 2.45) is 5.92 Å². The average molecular weight is 277 g/mol. The lowest BCUT2D eigenvalue weighted by atomic mass is 10.0. The first-order valence-corrected chi connectivity index (χ1v) is 7.73. The Bertz CT molecular complexity index is 455. The van der Waals surface area contributed by atoms with Crippen LogP contribution in [0.2, 0.25) is 0 Å². The molecule has 0 amide bonds. The highest BCUT2D eigenvalue weighted by Gasteiger charge is 2.35. The van der Waals surface area contributed by atoms with Gasteiger partial charge in [0.05, 0.1) is 0 Å². The van der Waals surface area contributed by atoms with E-state index >= 15 is 0 Å². The number of hydrogen-bond donors (Lipinski definition) is 1. The molecule has 1 aliphatic rings. The fraction of sp³-hybridized carbons (Fsp3) is 0.750. The fourth-order valence-corrected chi connectivity index (χ4v) is 2.71. The van der Waals surface area contributed by atoms with Crippen LogP contribution in [0.25, 0.3) is 0 Å².